The molecule has 0 spiro atoms. The number of nitrogens with one attached hydrogen (secondary N) is 1. The zero-order valence-corrected chi connectivity index (χ0v) is 12.3. The van der Waals surface area contributed by atoms with Gasteiger partial charge in [-0.3, -0.25) is 10.1 Å². The molecule has 0 aliphatic heterocycles. The minimum atomic E-state index is -1.02. The molecule has 1 aromatic carbocycles. The Labute approximate surface area is 119 Å². The minimum absolute atomic E-state index is 0.129. The van der Waals surface area contributed by atoms with E-state index in [0.717, 1.165) is 6.07 Å². The number of carboxylic acids is 1. The van der Waals surface area contributed by atoms with Crippen molar-refractivity contribution in [3.05, 3.63) is 33.8 Å². The first-order valence-electron chi connectivity index (χ1n) is 5.97. The number of hydrogen-bond acceptors (Lipinski definition) is 2. The molecule has 0 saturated carbocycles. The van der Waals surface area contributed by atoms with Gasteiger partial charge < -0.3 is 5.11 Å². The number of aliphatic carboxylic acids is 1. The van der Waals surface area contributed by atoms with Gasteiger partial charge in [0.2, 0.25) is 0 Å². The zero-order valence-electron chi connectivity index (χ0n) is 10.7. The molecule has 2 atom stereocenters. The van der Waals surface area contributed by atoms with Crippen LogP contribution < -0.4 is 5.32 Å². The second-order valence-corrected chi connectivity index (χ2v) is 5.26. The van der Waals surface area contributed by atoms with Crippen LogP contribution in [0.15, 0.2) is 16.6 Å². The molecular weight excluding hydrogens is 320 g/mol. The second-order valence-electron chi connectivity index (χ2n) is 4.40. The number of hydrogen-bond donors (Lipinski definition) is 2. The molecule has 2 N–H and O–H groups in total. The van der Waals surface area contributed by atoms with E-state index in [1.54, 1.807) is 6.92 Å². The fraction of sp³-hybridized carbons (Fsp3) is 0.462. The van der Waals surface area contributed by atoms with E-state index in [2.05, 4.69) is 21.2 Å². The maximum Gasteiger partial charge on any atom is 0.320 e. The van der Waals surface area contributed by atoms with Crippen molar-refractivity contribution in [2.45, 2.75) is 32.9 Å². The second kappa shape index (κ2) is 6.96. The molecule has 0 aliphatic rings. The zero-order chi connectivity index (χ0) is 14.6. The molecule has 1 rings (SSSR count). The third-order valence-corrected chi connectivity index (χ3v) is 3.73. The first-order valence-corrected chi connectivity index (χ1v) is 6.76. The number of benzene rings is 1. The lowest BCUT2D eigenvalue weighted by Gasteiger charge is -2.20. The molecule has 19 heavy (non-hydrogen) atoms. The van der Waals surface area contributed by atoms with Crippen molar-refractivity contribution < 1.29 is 18.7 Å². The molecule has 6 heteroatoms. The highest BCUT2D eigenvalue weighted by Crippen LogP contribution is 2.22. The van der Waals surface area contributed by atoms with Crippen molar-refractivity contribution in [2.75, 3.05) is 0 Å². The van der Waals surface area contributed by atoms with Gasteiger partial charge in [-0.05, 0) is 34.0 Å². The largest absolute Gasteiger partial charge is 0.480 e. The van der Waals surface area contributed by atoms with Gasteiger partial charge in [0.1, 0.15) is 17.7 Å². The van der Waals surface area contributed by atoms with Gasteiger partial charge in [-0.25, -0.2) is 8.78 Å². The molecular formula is C13H16BrF2NO2. The highest BCUT2D eigenvalue weighted by atomic mass is 79.9. The number of halogens is 3. The van der Waals surface area contributed by atoms with Crippen molar-refractivity contribution in [1.29, 1.82) is 0 Å². The standard InChI is InChI=1S/C13H16BrF2NO2/c1-3-7(2)12(13(18)19)17-6-8-10(15)5-4-9(14)11(8)16/h4-5,7,12,17H,3,6H2,1-2H3,(H,18,19)/t7-,12-/m0/s1. The Morgan fingerprint density at radius 1 is 1.47 bits per heavy atom. The van der Waals surface area contributed by atoms with Gasteiger partial charge >= 0.3 is 5.97 Å². The average Bonchev–Trinajstić information content (AvgIpc) is 2.37. The van der Waals surface area contributed by atoms with Crippen molar-refractivity contribution in [3.8, 4) is 0 Å². The van der Waals surface area contributed by atoms with E-state index in [4.69, 9.17) is 5.11 Å². The lowest BCUT2D eigenvalue weighted by atomic mass is 9.99. The quantitative estimate of drug-likeness (QED) is 0.784. The fourth-order valence-corrected chi connectivity index (χ4v) is 2.08. The summed E-state index contributed by atoms with van der Waals surface area (Å²) >= 11 is 2.97. The summed E-state index contributed by atoms with van der Waals surface area (Å²) in [5, 5.41) is 11.8. The molecule has 0 aromatic heterocycles. The summed E-state index contributed by atoms with van der Waals surface area (Å²) in [5.74, 6) is -2.55. The summed E-state index contributed by atoms with van der Waals surface area (Å²) in [7, 11) is 0. The molecule has 0 bridgehead atoms. The first-order chi connectivity index (χ1) is 8.88. The summed E-state index contributed by atoms with van der Waals surface area (Å²) in [5.41, 5.74) is -0.163. The summed E-state index contributed by atoms with van der Waals surface area (Å²) < 4.78 is 27.4. The Morgan fingerprint density at radius 2 is 2.11 bits per heavy atom. The monoisotopic (exact) mass is 335 g/mol. The maximum atomic E-state index is 13.7. The summed E-state index contributed by atoms with van der Waals surface area (Å²) in [6, 6.07) is 1.59. The van der Waals surface area contributed by atoms with E-state index in [0.29, 0.717) is 6.42 Å². The Balaban J connectivity index is 2.86. The molecule has 0 unspecified atom stereocenters. The molecule has 106 valence electrons. The molecule has 0 radical (unpaired) electrons. The fourth-order valence-electron chi connectivity index (χ4n) is 1.71. The molecule has 0 fully saturated rings. The number of carbonyl (C=O) groups is 1. The van der Waals surface area contributed by atoms with Gasteiger partial charge in [-0.2, -0.15) is 0 Å². The lowest BCUT2D eigenvalue weighted by Crippen LogP contribution is -2.41. The Kier molecular flexibility index (Phi) is 5.87. The van der Waals surface area contributed by atoms with Crippen LogP contribution in [0, 0.1) is 17.6 Å². The van der Waals surface area contributed by atoms with Crippen LogP contribution in [0.4, 0.5) is 8.78 Å². The van der Waals surface area contributed by atoms with Gasteiger partial charge in [-0.1, -0.05) is 20.3 Å². The van der Waals surface area contributed by atoms with Gasteiger partial charge in [-0.15, -0.1) is 0 Å². The number of rotatable bonds is 6. The van der Waals surface area contributed by atoms with Crippen LogP contribution >= 0.6 is 15.9 Å². The normalized spacial score (nSPS) is 14.2. The molecule has 0 heterocycles. The smallest absolute Gasteiger partial charge is 0.320 e. The predicted octanol–water partition coefficient (Wildman–Crippen LogP) is 3.32. The maximum absolute atomic E-state index is 13.7. The van der Waals surface area contributed by atoms with Gasteiger partial charge in [0, 0.05) is 12.1 Å². The Morgan fingerprint density at radius 3 is 2.63 bits per heavy atom. The van der Waals surface area contributed by atoms with E-state index >= 15 is 0 Å². The van der Waals surface area contributed by atoms with Crippen molar-refractivity contribution in [1.82, 2.24) is 5.32 Å². The Hall–Kier alpha value is -1.01. The van der Waals surface area contributed by atoms with E-state index in [-0.39, 0.29) is 22.5 Å². The summed E-state index contributed by atoms with van der Waals surface area (Å²) in [4.78, 5) is 11.1. The Bertz CT molecular complexity index is 468. The van der Waals surface area contributed by atoms with E-state index in [1.165, 1.54) is 6.07 Å². The third kappa shape index (κ3) is 3.98. The topological polar surface area (TPSA) is 49.3 Å². The van der Waals surface area contributed by atoms with Crippen LogP contribution in [0.2, 0.25) is 0 Å². The average molecular weight is 336 g/mol. The molecule has 1 aromatic rings. The van der Waals surface area contributed by atoms with Crippen LogP contribution in [0.25, 0.3) is 0 Å². The van der Waals surface area contributed by atoms with E-state index in [1.807, 2.05) is 6.92 Å². The van der Waals surface area contributed by atoms with Crippen LogP contribution in [0.3, 0.4) is 0 Å². The molecule has 0 amide bonds. The van der Waals surface area contributed by atoms with E-state index in [9.17, 15) is 13.6 Å². The lowest BCUT2D eigenvalue weighted by molar-refractivity contribution is -0.140. The first kappa shape index (κ1) is 16.0. The summed E-state index contributed by atoms with van der Waals surface area (Å²) in [6.45, 7) is 3.47. The third-order valence-electron chi connectivity index (χ3n) is 3.12. The van der Waals surface area contributed by atoms with Crippen LogP contribution in [0.5, 0.6) is 0 Å². The molecule has 0 aliphatic carbocycles. The van der Waals surface area contributed by atoms with Crippen LogP contribution in [-0.4, -0.2) is 17.1 Å². The van der Waals surface area contributed by atoms with Crippen molar-refractivity contribution in [2.24, 2.45) is 5.92 Å². The minimum Gasteiger partial charge on any atom is -0.480 e. The molecule has 3 nitrogen and oxygen atoms in total. The van der Waals surface area contributed by atoms with Crippen molar-refractivity contribution in [3.63, 3.8) is 0 Å². The van der Waals surface area contributed by atoms with Crippen LogP contribution in [0.1, 0.15) is 25.8 Å². The molecule has 0 saturated heterocycles. The van der Waals surface area contributed by atoms with Gasteiger partial charge in [0.25, 0.3) is 0 Å². The van der Waals surface area contributed by atoms with Crippen LogP contribution in [-0.2, 0) is 11.3 Å². The SMILES string of the molecule is CC[C@H](C)[C@H](NCc1c(F)ccc(Br)c1F)C(=O)O. The highest BCUT2D eigenvalue weighted by molar-refractivity contribution is 9.10. The van der Waals surface area contributed by atoms with E-state index < -0.39 is 23.6 Å². The van der Waals surface area contributed by atoms with Gasteiger partial charge in [0.15, 0.2) is 0 Å². The highest BCUT2D eigenvalue weighted by Gasteiger charge is 2.24. The number of carboxylic acid groups (broad SMARTS) is 1. The summed E-state index contributed by atoms with van der Waals surface area (Å²) in [6.07, 6.45) is 0.660. The predicted molar refractivity (Wildman–Crippen MR) is 71.8 cm³/mol. The van der Waals surface area contributed by atoms with Crippen molar-refractivity contribution >= 4 is 21.9 Å². The van der Waals surface area contributed by atoms with Gasteiger partial charge in [0.05, 0.1) is 4.47 Å².